The summed E-state index contributed by atoms with van der Waals surface area (Å²) < 4.78 is 33.4. The van der Waals surface area contributed by atoms with Gasteiger partial charge in [-0.3, -0.25) is 10.1 Å². The number of nitrogens with two attached hydrogens (primary N) is 1. The highest BCUT2D eigenvalue weighted by atomic mass is 32.2. The van der Waals surface area contributed by atoms with E-state index >= 15 is 0 Å². The Labute approximate surface area is 122 Å². The van der Waals surface area contributed by atoms with Crippen LogP contribution in [-0.2, 0) is 10.0 Å². The van der Waals surface area contributed by atoms with E-state index in [9.17, 15) is 18.5 Å². The molecular weight excluding hydrogens is 300 g/mol. The Morgan fingerprint density at radius 1 is 1.43 bits per heavy atom. The molecule has 0 spiro atoms. The van der Waals surface area contributed by atoms with Crippen molar-refractivity contribution in [3.63, 3.8) is 0 Å². The largest absolute Gasteiger partial charge is 0.492 e. The van der Waals surface area contributed by atoms with Crippen molar-refractivity contribution in [3.8, 4) is 11.5 Å². The number of methoxy groups -OCH3 is 1. The third-order valence-corrected chi connectivity index (χ3v) is 3.37. The van der Waals surface area contributed by atoms with E-state index in [1.165, 1.54) is 7.11 Å². The van der Waals surface area contributed by atoms with Gasteiger partial charge in [0.1, 0.15) is 11.5 Å². The van der Waals surface area contributed by atoms with Crippen LogP contribution in [0.25, 0.3) is 0 Å². The maximum Gasteiger partial charge on any atom is 0.274 e. The van der Waals surface area contributed by atoms with Crippen LogP contribution in [0.15, 0.2) is 28.7 Å². The summed E-state index contributed by atoms with van der Waals surface area (Å²) in [5, 5.41) is 15.9. The summed E-state index contributed by atoms with van der Waals surface area (Å²) >= 11 is 0. The molecule has 0 radical (unpaired) electrons. The first-order valence-electron chi connectivity index (χ1n) is 5.82. The van der Waals surface area contributed by atoms with Crippen molar-refractivity contribution in [3.05, 3.63) is 33.9 Å². The van der Waals surface area contributed by atoms with E-state index in [1.807, 2.05) is 13.8 Å². The predicted octanol–water partition coefficient (Wildman–Crippen LogP) is 1.60. The van der Waals surface area contributed by atoms with Crippen LogP contribution in [0.5, 0.6) is 11.5 Å². The summed E-state index contributed by atoms with van der Waals surface area (Å²) in [4.78, 5) is 9.65. The number of benzene rings is 1. The molecule has 0 amide bonds. The van der Waals surface area contributed by atoms with Crippen molar-refractivity contribution >= 4 is 15.7 Å². The quantitative estimate of drug-likeness (QED) is 0.483. The lowest BCUT2D eigenvalue weighted by atomic mass is 10.2. The van der Waals surface area contributed by atoms with Gasteiger partial charge in [-0.05, 0) is 19.9 Å². The normalized spacial score (nSPS) is 10.9. The van der Waals surface area contributed by atoms with Crippen LogP contribution in [0.4, 0.5) is 5.69 Å². The first-order valence-corrected chi connectivity index (χ1v) is 7.37. The van der Waals surface area contributed by atoms with E-state index in [4.69, 9.17) is 14.6 Å². The van der Waals surface area contributed by atoms with Crippen molar-refractivity contribution < 1.29 is 22.8 Å². The summed E-state index contributed by atoms with van der Waals surface area (Å²) in [5.74, 6) is -0.224. The summed E-state index contributed by atoms with van der Waals surface area (Å²) in [6.45, 7) is 3.82. The van der Waals surface area contributed by atoms with Gasteiger partial charge in [-0.15, -0.1) is 0 Å². The SMILES string of the molecule is COc1c(OCC=C(C)C)cc([N+](=O)[O-])cc1S(N)(=O)=O. The maximum atomic E-state index is 11.5. The predicted molar refractivity (Wildman–Crippen MR) is 75.9 cm³/mol. The topological polar surface area (TPSA) is 122 Å². The molecule has 1 aromatic carbocycles. The molecule has 2 N–H and O–H groups in total. The van der Waals surface area contributed by atoms with Crippen molar-refractivity contribution in [1.82, 2.24) is 0 Å². The molecule has 0 saturated heterocycles. The minimum absolute atomic E-state index is 0.0618. The highest BCUT2D eigenvalue weighted by Gasteiger charge is 2.24. The highest BCUT2D eigenvalue weighted by molar-refractivity contribution is 7.89. The van der Waals surface area contributed by atoms with Crippen LogP contribution in [0, 0.1) is 10.1 Å². The molecule has 0 atom stereocenters. The van der Waals surface area contributed by atoms with Gasteiger partial charge in [0, 0.05) is 6.07 Å². The Balaban J connectivity index is 3.42. The molecule has 9 heteroatoms. The van der Waals surface area contributed by atoms with Crippen LogP contribution in [0.3, 0.4) is 0 Å². The van der Waals surface area contributed by atoms with Crippen molar-refractivity contribution in [2.75, 3.05) is 13.7 Å². The summed E-state index contributed by atoms with van der Waals surface area (Å²) in [5.41, 5.74) is 0.526. The number of nitro groups is 1. The number of rotatable bonds is 6. The van der Waals surface area contributed by atoms with Gasteiger partial charge >= 0.3 is 0 Å². The molecule has 0 fully saturated rings. The minimum Gasteiger partial charge on any atom is -0.492 e. The zero-order valence-electron chi connectivity index (χ0n) is 11.8. The molecule has 0 heterocycles. The molecule has 21 heavy (non-hydrogen) atoms. The molecule has 0 aliphatic carbocycles. The van der Waals surface area contributed by atoms with Gasteiger partial charge < -0.3 is 9.47 Å². The lowest BCUT2D eigenvalue weighted by Gasteiger charge is -2.12. The minimum atomic E-state index is -4.19. The lowest BCUT2D eigenvalue weighted by molar-refractivity contribution is -0.385. The fraction of sp³-hybridized carbons (Fsp3) is 0.333. The van der Waals surface area contributed by atoms with E-state index in [2.05, 4.69) is 0 Å². The molecule has 0 bridgehead atoms. The maximum absolute atomic E-state index is 11.5. The molecule has 0 aliphatic heterocycles. The van der Waals surface area contributed by atoms with Gasteiger partial charge in [-0.25, -0.2) is 13.6 Å². The third-order valence-electron chi connectivity index (χ3n) is 2.46. The van der Waals surface area contributed by atoms with Gasteiger partial charge in [0.15, 0.2) is 11.5 Å². The second kappa shape index (κ2) is 6.55. The molecule has 0 aromatic heterocycles. The monoisotopic (exact) mass is 316 g/mol. The Kier molecular flexibility index (Phi) is 5.28. The van der Waals surface area contributed by atoms with E-state index in [1.54, 1.807) is 6.08 Å². The van der Waals surface area contributed by atoms with Crippen LogP contribution >= 0.6 is 0 Å². The Morgan fingerprint density at radius 2 is 2.05 bits per heavy atom. The Morgan fingerprint density at radius 3 is 2.48 bits per heavy atom. The van der Waals surface area contributed by atoms with E-state index < -0.39 is 25.5 Å². The first-order chi connectivity index (χ1) is 9.66. The van der Waals surface area contributed by atoms with Gasteiger partial charge in [0.05, 0.1) is 18.1 Å². The number of non-ortho nitro benzene ring substituents is 1. The van der Waals surface area contributed by atoms with Crippen molar-refractivity contribution in [2.45, 2.75) is 18.7 Å². The fourth-order valence-corrected chi connectivity index (χ4v) is 2.21. The molecular formula is C12H16N2O6S. The lowest BCUT2D eigenvalue weighted by Crippen LogP contribution is -2.14. The Hall–Kier alpha value is -2.13. The number of hydrogen-bond acceptors (Lipinski definition) is 6. The van der Waals surface area contributed by atoms with Crippen LogP contribution in [0.1, 0.15) is 13.8 Å². The standard InChI is InChI=1S/C12H16N2O6S/c1-8(2)4-5-20-10-6-9(14(15)16)7-11(12(10)19-3)21(13,17)18/h4,6-7H,5H2,1-3H3,(H2,13,17,18). The Bertz CT molecular complexity index is 677. The second-order valence-electron chi connectivity index (χ2n) is 4.37. The van der Waals surface area contributed by atoms with Crippen LogP contribution in [0.2, 0.25) is 0 Å². The summed E-state index contributed by atoms with van der Waals surface area (Å²) in [6.07, 6.45) is 1.73. The smallest absolute Gasteiger partial charge is 0.274 e. The number of hydrogen-bond donors (Lipinski definition) is 1. The molecule has 1 aromatic rings. The highest BCUT2D eigenvalue weighted by Crippen LogP contribution is 2.37. The van der Waals surface area contributed by atoms with Gasteiger partial charge in [-0.1, -0.05) is 5.57 Å². The number of sulfonamides is 1. The van der Waals surface area contributed by atoms with Gasteiger partial charge in [-0.2, -0.15) is 0 Å². The molecule has 8 nitrogen and oxygen atoms in total. The average Bonchev–Trinajstić information content (AvgIpc) is 2.36. The van der Waals surface area contributed by atoms with Crippen molar-refractivity contribution in [1.29, 1.82) is 0 Å². The second-order valence-corrected chi connectivity index (χ2v) is 5.90. The van der Waals surface area contributed by atoms with E-state index in [-0.39, 0.29) is 18.1 Å². The molecule has 1 rings (SSSR count). The van der Waals surface area contributed by atoms with E-state index in [0.29, 0.717) is 0 Å². The molecule has 0 unspecified atom stereocenters. The molecule has 0 aliphatic rings. The average molecular weight is 316 g/mol. The number of ether oxygens (including phenoxy) is 2. The zero-order valence-corrected chi connectivity index (χ0v) is 12.6. The number of primary sulfonamides is 1. The third kappa shape index (κ3) is 4.43. The van der Waals surface area contributed by atoms with Gasteiger partial charge in [0.2, 0.25) is 10.0 Å². The van der Waals surface area contributed by atoms with Crippen molar-refractivity contribution in [2.24, 2.45) is 5.14 Å². The summed E-state index contributed by atoms with van der Waals surface area (Å²) in [7, 11) is -2.96. The molecule has 0 saturated carbocycles. The van der Waals surface area contributed by atoms with Crippen LogP contribution in [-0.4, -0.2) is 27.1 Å². The fourth-order valence-electron chi connectivity index (χ4n) is 1.49. The number of nitro benzene ring substituents is 1. The number of allylic oxidation sites excluding steroid dienone is 1. The van der Waals surface area contributed by atoms with E-state index in [0.717, 1.165) is 17.7 Å². The zero-order chi connectivity index (χ0) is 16.2. The number of nitrogens with zero attached hydrogens (tertiary/aromatic N) is 1. The van der Waals surface area contributed by atoms with Gasteiger partial charge in [0.25, 0.3) is 5.69 Å². The summed E-state index contributed by atoms with van der Waals surface area (Å²) in [6, 6.07) is 1.92. The molecule has 116 valence electrons. The first kappa shape index (κ1) is 16.9. The van der Waals surface area contributed by atoms with Crippen LogP contribution < -0.4 is 14.6 Å².